The topological polar surface area (TPSA) is 61.8 Å². The van der Waals surface area contributed by atoms with Crippen molar-refractivity contribution >= 4 is 27.5 Å². The molecule has 0 aromatic heterocycles. The Kier molecular flexibility index (Phi) is 4.69. The highest BCUT2D eigenvalue weighted by molar-refractivity contribution is 9.10. The summed E-state index contributed by atoms with van der Waals surface area (Å²) in [6.45, 7) is 3.26. The normalized spacial score (nSPS) is 21.3. The van der Waals surface area contributed by atoms with Crippen LogP contribution >= 0.6 is 15.9 Å². The first-order chi connectivity index (χ1) is 9.13. The molecule has 2 rings (SSSR count). The van der Waals surface area contributed by atoms with E-state index in [-0.39, 0.29) is 5.84 Å². The van der Waals surface area contributed by atoms with Crippen molar-refractivity contribution < 1.29 is 5.21 Å². The van der Waals surface area contributed by atoms with Crippen molar-refractivity contribution in [1.82, 2.24) is 0 Å². The number of anilines is 1. The molecule has 1 aromatic carbocycles. The van der Waals surface area contributed by atoms with Gasteiger partial charge < -0.3 is 15.8 Å². The second-order valence-corrected chi connectivity index (χ2v) is 5.95. The molecule has 0 aliphatic carbocycles. The summed E-state index contributed by atoms with van der Waals surface area (Å²) in [6, 6.07) is 6.34. The maximum Gasteiger partial charge on any atom is 0.172 e. The fourth-order valence-electron chi connectivity index (χ4n) is 2.65. The molecule has 0 spiro atoms. The van der Waals surface area contributed by atoms with Gasteiger partial charge in [0.05, 0.1) is 0 Å². The Morgan fingerprint density at radius 1 is 1.42 bits per heavy atom. The van der Waals surface area contributed by atoms with Gasteiger partial charge in [0.15, 0.2) is 5.84 Å². The third-order valence-corrected chi connectivity index (χ3v) is 4.20. The molecule has 1 fully saturated rings. The van der Waals surface area contributed by atoms with E-state index in [0.717, 1.165) is 22.3 Å². The lowest BCUT2D eigenvalue weighted by molar-refractivity contribution is 0.318. The standard InChI is InChI=1S/C14H20BrN3O/c1-10-5-3-2-4-8-18(10)13-9-11(15)6-7-12(13)14(16)17-19/h6-7,9-10,19H,2-5,8H2,1H3,(H2,16,17). The van der Waals surface area contributed by atoms with E-state index >= 15 is 0 Å². The third-order valence-electron chi connectivity index (χ3n) is 3.71. The lowest BCUT2D eigenvalue weighted by Gasteiger charge is -2.31. The Morgan fingerprint density at radius 3 is 2.95 bits per heavy atom. The van der Waals surface area contributed by atoms with Gasteiger partial charge >= 0.3 is 0 Å². The number of hydrogen-bond acceptors (Lipinski definition) is 3. The molecule has 3 N–H and O–H groups in total. The van der Waals surface area contributed by atoms with Gasteiger partial charge in [-0.05, 0) is 38.0 Å². The molecule has 1 aliphatic heterocycles. The summed E-state index contributed by atoms with van der Waals surface area (Å²) in [5, 5.41) is 12.1. The zero-order valence-corrected chi connectivity index (χ0v) is 12.7. The SMILES string of the molecule is CC1CCCCCN1c1cc(Br)ccc1/C(N)=N/O. The van der Waals surface area contributed by atoms with Gasteiger partial charge in [-0.1, -0.05) is 33.9 Å². The van der Waals surface area contributed by atoms with Crippen LogP contribution in [0.4, 0.5) is 5.69 Å². The van der Waals surface area contributed by atoms with Gasteiger partial charge in [-0.25, -0.2) is 0 Å². The minimum atomic E-state index is 0.166. The number of nitrogens with zero attached hydrogens (tertiary/aromatic N) is 2. The Hall–Kier alpha value is -1.23. The van der Waals surface area contributed by atoms with E-state index in [1.807, 2.05) is 12.1 Å². The molecular weight excluding hydrogens is 306 g/mol. The number of oxime groups is 1. The van der Waals surface area contributed by atoms with Crippen LogP contribution in [0.1, 0.15) is 38.2 Å². The van der Waals surface area contributed by atoms with Crippen LogP contribution in [0, 0.1) is 0 Å². The van der Waals surface area contributed by atoms with Crippen molar-refractivity contribution in [1.29, 1.82) is 0 Å². The largest absolute Gasteiger partial charge is 0.409 e. The molecule has 104 valence electrons. The first-order valence-corrected chi connectivity index (χ1v) is 7.47. The van der Waals surface area contributed by atoms with Gasteiger partial charge in [0, 0.05) is 28.3 Å². The first kappa shape index (κ1) is 14.2. The number of halogens is 1. The van der Waals surface area contributed by atoms with E-state index in [0.29, 0.717) is 6.04 Å². The number of benzene rings is 1. The Labute approximate surface area is 122 Å². The van der Waals surface area contributed by atoms with E-state index < -0.39 is 0 Å². The van der Waals surface area contributed by atoms with Crippen LogP contribution in [0.2, 0.25) is 0 Å². The molecule has 1 aromatic rings. The van der Waals surface area contributed by atoms with Gasteiger partial charge in [0.2, 0.25) is 0 Å². The predicted molar refractivity (Wildman–Crippen MR) is 81.9 cm³/mol. The Morgan fingerprint density at radius 2 is 2.21 bits per heavy atom. The number of rotatable bonds is 2. The minimum absolute atomic E-state index is 0.166. The van der Waals surface area contributed by atoms with Gasteiger partial charge in [-0.15, -0.1) is 0 Å². The van der Waals surface area contributed by atoms with Crippen molar-refractivity contribution in [3.8, 4) is 0 Å². The average molecular weight is 326 g/mol. The Balaban J connectivity index is 2.43. The maximum absolute atomic E-state index is 8.93. The lowest BCUT2D eigenvalue weighted by atomic mass is 10.1. The molecule has 5 heteroatoms. The molecule has 0 bridgehead atoms. The van der Waals surface area contributed by atoms with Crippen molar-refractivity contribution in [2.24, 2.45) is 10.9 Å². The summed E-state index contributed by atoms with van der Waals surface area (Å²) in [4.78, 5) is 2.37. The summed E-state index contributed by atoms with van der Waals surface area (Å²) in [5.41, 5.74) is 7.63. The molecule has 0 saturated carbocycles. The zero-order chi connectivity index (χ0) is 13.8. The van der Waals surface area contributed by atoms with E-state index in [4.69, 9.17) is 10.9 Å². The van der Waals surface area contributed by atoms with Crippen molar-refractivity contribution in [3.05, 3.63) is 28.2 Å². The quantitative estimate of drug-likeness (QED) is 0.379. The van der Waals surface area contributed by atoms with Crippen LogP contribution in [0.15, 0.2) is 27.8 Å². The van der Waals surface area contributed by atoms with Gasteiger partial charge in [0.1, 0.15) is 0 Å². The molecular formula is C14H20BrN3O. The third kappa shape index (κ3) is 3.21. The summed E-state index contributed by atoms with van der Waals surface area (Å²) in [7, 11) is 0. The lowest BCUT2D eigenvalue weighted by Crippen LogP contribution is -2.34. The highest BCUT2D eigenvalue weighted by Gasteiger charge is 2.21. The van der Waals surface area contributed by atoms with Crippen LogP contribution in [0.5, 0.6) is 0 Å². The van der Waals surface area contributed by atoms with Gasteiger partial charge in [-0.3, -0.25) is 0 Å². The molecule has 0 radical (unpaired) electrons. The fourth-order valence-corrected chi connectivity index (χ4v) is 2.99. The van der Waals surface area contributed by atoms with Crippen molar-refractivity contribution in [2.45, 2.75) is 38.6 Å². The molecule has 0 amide bonds. The second-order valence-electron chi connectivity index (χ2n) is 5.04. The maximum atomic E-state index is 8.93. The van der Waals surface area contributed by atoms with E-state index in [2.05, 4.69) is 39.0 Å². The summed E-state index contributed by atoms with van der Waals surface area (Å²) < 4.78 is 1.01. The summed E-state index contributed by atoms with van der Waals surface area (Å²) in [6.07, 6.45) is 4.91. The summed E-state index contributed by atoms with van der Waals surface area (Å²) in [5.74, 6) is 0.166. The number of amidine groups is 1. The molecule has 1 aliphatic rings. The van der Waals surface area contributed by atoms with Gasteiger partial charge in [0.25, 0.3) is 0 Å². The van der Waals surface area contributed by atoms with Crippen LogP contribution in [-0.2, 0) is 0 Å². The summed E-state index contributed by atoms with van der Waals surface area (Å²) >= 11 is 3.50. The van der Waals surface area contributed by atoms with E-state index in [1.54, 1.807) is 0 Å². The van der Waals surface area contributed by atoms with Crippen molar-refractivity contribution in [2.75, 3.05) is 11.4 Å². The van der Waals surface area contributed by atoms with E-state index in [1.165, 1.54) is 25.7 Å². The highest BCUT2D eigenvalue weighted by atomic mass is 79.9. The molecule has 1 heterocycles. The van der Waals surface area contributed by atoms with Crippen molar-refractivity contribution in [3.63, 3.8) is 0 Å². The van der Waals surface area contributed by atoms with Gasteiger partial charge in [-0.2, -0.15) is 0 Å². The minimum Gasteiger partial charge on any atom is -0.409 e. The molecule has 1 unspecified atom stereocenters. The number of hydrogen-bond donors (Lipinski definition) is 2. The zero-order valence-electron chi connectivity index (χ0n) is 11.1. The first-order valence-electron chi connectivity index (χ1n) is 6.67. The van der Waals surface area contributed by atoms with E-state index in [9.17, 15) is 0 Å². The molecule has 4 nitrogen and oxygen atoms in total. The predicted octanol–water partition coefficient (Wildman–Crippen LogP) is 3.31. The molecule has 1 atom stereocenters. The van der Waals surface area contributed by atoms with Crippen LogP contribution in [-0.4, -0.2) is 23.6 Å². The average Bonchev–Trinajstić information content (AvgIpc) is 2.62. The van der Waals surface area contributed by atoms with Crippen LogP contribution < -0.4 is 10.6 Å². The molecule has 19 heavy (non-hydrogen) atoms. The number of nitrogens with two attached hydrogens (primary N) is 1. The van der Waals surface area contributed by atoms with Crippen LogP contribution in [0.25, 0.3) is 0 Å². The monoisotopic (exact) mass is 325 g/mol. The fraction of sp³-hybridized carbons (Fsp3) is 0.500. The highest BCUT2D eigenvalue weighted by Crippen LogP contribution is 2.30. The second kappa shape index (κ2) is 6.28. The smallest absolute Gasteiger partial charge is 0.172 e. The molecule has 1 saturated heterocycles. The Bertz CT molecular complexity index is 476. The van der Waals surface area contributed by atoms with Crippen LogP contribution in [0.3, 0.4) is 0 Å².